The second-order valence-corrected chi connectivity index (χ2v) is 9.86. The van der Waals surface area contributed by atoms with Crippen molar-refractivity contribution in [3.63, 3.8) is 0 Å². The molecule has 7 nitrogen and oxygen atoms in total. The zero-order valence-electron chi connectivity index (χ0n) is 13.3. The van der Waals surface area contributed by atoms with E-state index in [9.17, 15) is 16.8 Å². The molecular formula is C15H22N2O5S2. The molecule has 24 heavy (non-hydrogen) atoms. The summed E-state index contributed by atoms with van der Waals surface area (Å²) in [6.07, 6.45) is 3.21. The molecule has 3 rings (SSSR count). The zero-order chi connectivity index (χ0) is 17.2. The van der Waals surface area contributed by atoms with E-state index in [1.807, 2.05) is 0 Å². The predicted octanol–water partition coefficient (Wildman–Crippen LogP) is 1.07. The third-order valence-electron chi connectivity index (χ3n) is 4.31. The lowest BCUT2D eigenvalue weighted by Gasteiger charge is -2.28. The quantitative estimate of drug-likeness (QED) is 0.832. The average molecular weight is 374 g/mol. The Hall–Kier alpha value is -1.16. The summed E-state index contributed by atoms with van der Waals surface area (Å²) in [6, 6.07) is 5.97. The molecule has 0 aliphatic carbocycles. The van der Waals surface area contributed by atoms with Crippen LogP contribution in [0.1, 0.15) is 25.7 Å². The molecule has 9 heteroatoms. The molecule has 0 amide bonds. The first-order valence-corrected chi connectivity index (χ1v) is 11.2. The summed E-state index contributed by atoms with van der Waals surface area (Å²) in [4.78, 5) is 0.124. The Balaban J connectivity index is 1.71. The highest BCUT2D eigenvalue weighted by Crippen LogP contribution is 2.24. The van der Waals surface area contributed by atoms with Crippen LogP contribution >= 0.6 is 0 Å². The second kappa shape index (κ2) is 6.99. The van der Waals surface area contributed by atoms with Gasteiger partial charge in [-0.25, -0.2) is 21.6 Å². The van der Waals surface area contributed by atoms with Gasteiger partial charge in [0, 0.05) is 19.7 Å². The molecule has 2 saturated heterocycles. The maximum absolute atomic E-state index is 12.3. The van der Waals surface area contributed by atoms with Crippen LogP contribution in [0.5, 0.6) is 0 Å². The molecule has 1 aromatic rings. The molecule has 2 fully saturated rings. The minimum absolute atomic E-state index is 0.0717. The highest BCUT2D eigenvalue weighted by molar-refractivity contribution is 7.92. The molecule has 2 aliphatic heterocycles. The van der Waals surface area contributed by atoms with Gasteiger partial charge in [-0.1, -0.05) is 0 Å². The third-order valence-corrected chi connectivity index (χ3v) is 7.62. The van der Waals surface area contributed by atoms with E-state index in [-0.39, 0.29) is 23.3 Å². The molecule has 1 unspecified atom stereocenters. The second-order valence-electron chi connectivity index (χ2n) is 6.08. The minimum atomic E-state index is -3.62. The number of hydrogen-bond acceptors (Lipinski definition) is 5. The van der Waals surface area contributed by atoms with E-state index in [1.165, 1.54) is 16.4 Å². The van der Waals surface area contributed by atoms with Gasteiger partial charge in [0.25, 0.3) is 0 Å². The first-order valence-electron chi connectivity index (χ1n) is 8.10. The Morgan fingerprint density at radius 1 is 1.17 bits per heavy atom. The van der Waals surface area contributed by atoms with Gasteiger partial charge in [-0.15, -0.1) is 0 Å². The molecular weight excluding hydrogens is 352 g/mol. The van der Waals surface area contributed by atoms with Crippen molar-refractivity contribution in [2.75, 3.05) is 29.8 Å². The van der Waals surface area contributed by atoms with Crippen LogP contribution in [-0.4, -0.2) is 48.4 Å². The summed E-state index contributed by atoms with van der Waals surface area (Å²) in [6.45, 7) is 1.36. The molecule has 2 heterocycles. The fourth-order valence-corrected chi connectivity index (χ4v) is 5.67. The van der Waals surface area contributed by atoms with Crippen molar-refractivity contribution in [2.24, 2.45) is 0 Å². The van der Waals surface area contributed by atoms with Crippen LogP contribution in [0.2, 0.25) is 0 Å². The molecule has 0 bridgehead atoms. The number of nitrogens with one attached hydrogen (secondary N) is 1. The molecule has 0 saturated carbocycles. The Kier molecular flexibility index (Phi) is 5.14. The van der Waals surface area contributed by atoms with Crippen molar-refractivity contribution >= 4 is 25.7 Å². The number of benzene rings is 1. The smallest absolute Gasteiger partial charge is 0.240 e. The van der Waals surface area contributed by atoms with Gasteiger partial charge in [-0.2, -0.15) is 0 Å². The van der Waals surface area contributed by atoms with Gasteiger partial charge in [0.05, 0.1) is 22.4 Å². The molecule has 1 N–H and O–H groups in total. The molecule has 134 valence electrons. The summed E-state index contributed by atoms with van der Waals surface area (Å²) >= 11 is 0. The van der Waals surface area contributed by atoms with E-state index < -0.39 is 20.0 Å². The molecule has 0 spiro atoms. The number of hydrogen-bond donors (Lipinski definition) is 1. The largest absolute Gasteiger partial charge is 0.377 e. The van der Waals surface area contributed by atoms with E-state index in [0.717, 1.165) is 19.3 Å². The van der Waals surface area contributed by atoms with Crippen LogP contribution in [0.25, 0.3) is 0 Å². The fraction of sp³-hybridized carbons (Fsp3) is 0.600. The third kappa shape index (κ3) is 3.90. The van der Waals surface area contributed by atoms with E-state index in [0.29, 0.717) is 25.3 Å². The van der Waals surface area contributed by atoms with Crippen LogP contribution in [0.15, 0.2) is 29.2 Å². The highest BCUT2D eigenvalue weighted by Gasteiger charge is 2.26. The molecule has 0 radical (unpaired) electrons. The van der Waals surface area contributed by atoms with Crippen LogP contribution in [0, 0.1) is 0 Å². The van der Waals surface area contributed by atoms with E-state index >= 15 is 0 Å². The van der Waals surface area contributed by atoms with Crippen molar-refractivity contribution in [1.29, 1.82) is 0 Å². The monoisotopic (exact) mass is 374 g/mol. The number of ether oxygens (including phenoxy) is 1. The van der Waals surface area contributed by atoms with Gasteiger partial charge in [0.1, 0.15) is 0 Å². The maximum atomic E-state index is 12.3. The maximum Gasteiger partial charge on any atom is 0.240 e. The van der Waals surface area contributed by atoms with Gasteiger partial charge < -0.3 is 4.74 Å². The molecule has 2 aliphatic rings. The minimum Gasteiger partial charge on any atom is -0.377 e. The number of rotatable bonds is 5. The van der Waals surface area contributed by atoms with Gasteiger partial charge in [-0.05, 0) is 49.9 Å². The van der Waals surface area contributed by atoms with Crippen molar-refractivity contribution in [3.05, 3.63) is 24.3 Å². The van der Waals surface area contributed by atoms with Crippen LogP contribution in [0.3, 0.4) is 0 Å². The summed E-state index contributed by atoms with van der Waals surface area (Å²) in [5.74, 6) is 0.135. The highest BCUT2D eigenvalue weighted by atomic mass is 32.2. The number of sulfonamides is 2. The van der Waals surface area contributed by atoms with Crippen molar-refractivity contribution in [3.8, 4) is 0 Å². The standard InChI is InChI=1S/C15H22N2O5S2/c18-23(19)11-2-1-9-17(23)13-5-7-15(8-6-13)24(20,21)16-12-14-4-3-10-22-14/h5-8,14,16H,1-4,9-12H2. The van der Waals surface area contributed by atoms with Crippen molar-refractivity contribution in [2.45, 2.75) is 36.7 Å². The summed E-state index contributed by atoms with van der Waals surface area (Å²) in [5.41, 5.74) is 0.507. The van der Waals surface area contributed by atoms with E-state index in [1.54, 1.807) is 12.1 Å². The Labute approximate surface area is 143 Å². The molecule has 1 atom stereocenters. The normalized spacial score (nSPS) is 24.2. The Morgan fingerprint density at radius 3 is 2.54 bits per heavy atom. The average Bonchev–Trinajstić information content (AvgIpc) is 3.06. The fourth-order valence-electron chi connectivity index (χ4n) is 2.96. The van der Waals surface area contributed by atoms with Gasteiger partial charge in [-0.3, -0.25) is 4.31 Å². The summed E-state index contributed by atoms with van der Waals surface area (Å²) in [5, 5.41) is 0. The SMILES string of the molecule is O=S(=O)(NCC1CCCO1)c1ccc(N2CCCCS2(=O)=O)cc1. The van der Waals surface area contributed by atoms with Gasteiger partial charge >= 0.3 is 0 Å². The lowest BCUT2D eigenvalue weighted by molar-refractivity contribution is 0.114. The van der Waals surface area contributed by atoms with E-state index in [2.05, 4.69) is 4.72 Å². The van der Waals surface area contributed by atoms with E-state index in [4.69, 9.17) is 4.74 Å². The van der Waals surface area contributed by atoms with Crippen LogP contribution in [-0.2, 0) is 24.8 Å². The number of anilines is 1. The topological polar surface area (TPSA) is 92.8 Å². The first-order chi connectivity index (χ1) is 11.4. The first kappa shape index (κ1) is 17.7. The molecule has 0 aromatic heterocycles. The summed E-state index contributed by atoms with van der Waals surface area (Å²) < 4.78 is 58.1. The van der Waals surface area contributed by atoms with Gasteiger partial charge in [0.15, 0.2) is 0 Å². The lowest BCUT2D eigenvalue weighted by atomic mass is 10.2. The number of nitrogens with zero attached hydrogens (tertiary/aromatic N) is 1. The lowest BCUT2D eigenvalue weighted by Crippen LogP contribution is -2.37. The van der Waals surface area contributed by atoms with Crippen LogP contribution in [0.4, 0.5) is 5.69 Å². The Bertz CT molecular complexity index is 769. The van der Waals surface area contributed by atoms with Gasteiger partial charge in [0.2, 0.25) is 20.0 Å². The Morgan fingerprint density at radius 2 is 1.92 bits per heavy atom. The molecule has 1 aromatic carbocycles. The summed E-state index contributed by atoms with van der Waals surface area (Å²) in [7, 11) is -6.92. The van der Waals surface area contributed by atoms with Crippen LogP contribution < -0.4 is 9.03 Å². The van der Waals surface area contributed by atoms with Crippen molar-refractivity contribution < 1.29 is 21.6 Å². The van der Waals surface area contributed by atoms with Crippen molar-refractivity contribution in [1.82, 2.24) is 4.72 Å². The zero-order valence-corrected chi connectivity index (χ0v) is 15.0. The predicted molar refractivity (Wildman–Crippen MR) is 91.0 cm³/mol.